The van der Waals surface area contributed by atoms with Gasteiger partial charge in [0.25, 0.3) is 0 Å². The summed E-state index contributed by atoms with van der Waals surface area (Å²) in [5.74, 6) is 0.264. The van der Waals surface area contributed by atoms with E-state index >= 15 is 0 Å². The lowest BCUT2D eigenvalue weighted by atomic mass is 10.1. The molecule has 2 heterocycles. The molecule has 1 N–H and O–H groups in total. The zero-order valence-corrected chi connectivity index (χ0v) is 10.8. The summed E-state index contributed by atoms with van der Waals surface area (Å²) in [5.41, 5.74) is 1.63. The average Bonchev–Trinajstić information content (AvgIpc) is 2.86. The molecule has 0 radical (unpaired) electrons. The molecule has 0 aliphatic rings. The zero-order valence-electron chi connectivity index (χ0n) is 10.0. The summed E-state index contributed by atoms with van der Waals surface area (Å²) in [4.78, 5) is 0.825. The van der Waals surface area contributed by atoms with Gasteiger partial charge in [0.05, 0.1) is 22.4 Å². The molecule has 0 saturated carbocycles. The molecule has 0 fully saturated rings. The van der Waals surface area contributed by atoms with Gasteiger partial charge < -0.3 is 5.11 Å². The molecule has 1 atom stereocenters. The van der Waals surface area contributed by atoms with Crippen molar-refractivity contribution < 1.29 is 5.11 Å². The Labute approximate surface area is 103 Å². The molecule has 0 aliphatic heterocycles. The van der Waals surface area contributed by atoms with Crippen molar-refractivity contribution >= 4 is 11.5 Å². The van der Waals surface area contributed by atoms with Gasteiger partial charge in [0.15, 0.2) is 0 Å². The van der Waals surface area contributed by atoms with Crippen LogP contribution in [-0.2, 0) is 13.5 Å². The molecule has 0 aromatic carbocycles. The second-order valence-electron chi connectivity index (χ2n) is 4.28. The number of aliphatic hydroxyl groups excluding tert-OH is 1. The first kappa shape index (κ1) is 12.1. The molecule has 1 unspecified atom stereocenters. The molecule has 6 nitrogen and oxygen atoms in total. The van der Waals surface area contributed by atoms with Gasteiger partial charge in [0.2, 0.25) is 0 Å². The third kappa shape index (κ3) is 2.67. The fourth-order valence-electron chi connectivity index (χ4n) is 1.62. The van der Waals surface area contributed by atoms with Crippen LogP contribution in [0.5, 0.6) is 0 Å². The van der Waals surface area contributed by atoms with Crippen molar-refractivity contribution in [1.82, 2.24) is 24.6 Å². The highest BCUT2D eigenvalue weighted by Crippen LogP contribution is 2.27. The van der Waals surface area contributed by atoms with E-state index in [4.69, 9.17) is 0 Å². The maximum atomic E-state index is 10.2. The zero-order chi connectivity index (χ0) is 12.4. The van der Waals surface area contributed by atoms with Crippen LogP contribution < -0.4 is 0 Å². The highest BCUT2D eigenvalue weighted by molar-refractivity contribution is 7.05. The molecule has 92 valence electrons. The maximum absolute atomic E-state index is 10.2. The lowest BCUT2D eigenvalue weighted by molar-refractivity contribution is 0.179. The highest BCUT2D eigenvalue weighted by Gasteiger charge is 2.20. The molecule has 2 rings (SSSR count). The second-order valence-corrected chi connectivity index (χ2v) is 5.07. The monoisotopic (exact) mass is 253 g/mol. The van der Waals surface area contributed by atoms with E-state index in [-0.39, 0.29) is 5.92 Å². The van der Waals surface area contributed by atoms with E-state index in [2.05, 4.69) is 19.9 Å². The Morgan fingerprint density at radius 1 is 1.41 bits per heavy atom. The molecule has 2 aromatic heterocycles. The third-order valence-corrected chi connectivity index (χ3v) is 3.28. The fourth-order valence-corrected chi connectivity index (χ4v) is 2.41. The third-order valence-electron chi connectivity index (χ3n) is 2.44. The minimum Gasteiger partial charge on any atom is -0.387 e. The van der Waals surface area contributed by atoms with E-state index in [9.17, 15) is 5.11 Å². The topological polar surface area (TPSA) is 76.7 Å². The smallest absolute Gasteiger partial charge is 0.0973 e. The SMILES string of the molecule is CC(C)c1nnsc1C(O)Cc1cn(C)nn1. The largest absolute Gasteiger partial charge is 0.387 e. The Morgan fingerprint density at radius 3 is 2.76 bits per heavy atom. The van der Waals surface area contributed by atoms with E-state index < -0.39 is 6.10 Å². The molecule has 7 heteroatoms. The lowest BCUT2D eigenvalue weighted by Gasteiger charge is -2.09. The summed E-state index contributed by atoms with van der Waals surface area (Å²) in [5, 5.41) is 22.0. The van der Waals surface area contributed by atoms with Gasteiger partial charge in [-0.15, -0.1) is 10.2 Å². The van der Waals surface area contributed by atoms with Crippen LogP contribution in [0.1, 0.15) is 42.1 Å². The van der Waals surface area contributed by atoms with Gasteiger partial charge in [0, 0.05) is 19.7 Å². The molecule has 0 bridgehead atoms. The number of hydrogen-bond acceptors (Lipinski definition) is 6. The van der Waals surface area contributed by atoms with Crippen molar-refractivity contribution in [2.45, 2.75) is 32.3 Å². The molecule has 0 aliphatic carbocycles. The van der Waals surface area contributed by atoms with E-state index in [0.29, 0.717) is 6.42 Å². The highest BCUT2D eigenvalue weighted by atomic mass is 32.1. The quantitative estimate of drug-likeness (QED) is 0.881. The Bertz CT molecular complexity index is 492. The van der Waals surface area contributed by atoms with Crippen molar-refractivity contribution in [1.29, 1.82) is 0 Å². The van der Waals surface area contributed by atoms with E-state index in [1.165, 1.54) is 11.5 Å². The van der Waals surface area contributed by atoms with Crippen molar-refractivity contribution in [3.8, 4) is 0 Å². The summed E-state index contributed by atoms with van der Waals surface area (Å²) in [6.45, 7) is 4.07. The van der Waals surface area contributed by atoms with Gasteiger partial charge in [-0.3, -0.25) is 4.68 Å². The van der Waals surface area contributed by atoms with Crippen molar-refractivity contribution in [3.63, 3.8) is 0 Å². The summed E-state index contributed by atoms with van der Waals surface area (Å²) >= 11 is 1.25. The molecule has 0 spiro atoms. The van der Waals surface area contributed by atoms with Crippen LogP contribution in [0.2, 0.25) is 0 Å². The summed E-state index contributed by atoms with van der Waals surface area (Å²) < 4.78 is 5.52. The Kier molecular flexibility index (Phi) is 3.49. The Morgan fingerprint density at radius 2 is 2.18 bits per heavy atom. The van der Waals surface area contributed by atoms with Crippen molar-refractivity contribution in [3.05, 3.63) is 22.5 Å². The first-order valence-electron chi connectivity index (χ1n) is 5.43. The fraction of sp³-hybridized carbons (Fsp3) is 0.600. The Hall–Kier alpha value is -1.34. The molecular weight excluding hydrogens is 238 g/mol. The van der Waals surface area contributed by atoms with Crippen LogP contribution in [-0.4, -0.2) is 29.7 Å². The molecule has 0 saturated heterocycles. The van der Waals surface area contributed by atoms with Gasteiger partial charge in [-0.05, 0) is 17.5 Å². The van der Waals surface area contributed by atoms with Crippen LogP contribution >= 0.6 is 11.5 Å². The standard InChI is InChI=1S/C10H15N5OS/c1-6(2)9-10(17-14-12-9)8(16)4-7-5-15(3)13-11-7/h5-6,8,16H,4H2,1-3H3. The van der Waals surface area contributed by atoms with Crippen molar-refractivity contribution in [2.24, 2.45) is 7.05 Å². The number of aryl methyl sites for hydroxylation is 1. The molecule has 17 heavy (non-hydrogen) atoms. The lowest BCUT2D eigenvalue weighted by Crippen LogP contribution is -2.04. The first-order valence-corrected chi connectivity index (χ1v) is 6.20. The molecule has 0 amide bonds. The number of hydrogen-bond donors (Lipinski definition) is 1. The van der Waals surface area contributed by atoms with Gasteiger partial charge in [-0.1, -0.05) is 23.5 Å². The van der Waals surface area contributed by atoms with Gasteiger partial charge in [-0.2, -0.15) is 0 Å². The molecular formula is C10H15N5OS. The predicted octanol–water partition coefficient (Wildman–Crippen LogP) is 1.07. The summed E-state index contributed by atoms with van der Waals surface area (Å²) in [6, 6.07) is 0. The minimum atomic E-state index is -0.607. The normalized spacial score (nSPS) is 13.2. The van der Waals surface area contributed by atoms with Crippen LogP contribution in [0.15, 0.2) is 6.20 Å². The summed E-state index contributed by atoms with van der Waals surface area (Å²) in [6.07, 6.45) is 1.63. The second kappa shape index (κ2) is 4.89. The Balaban J connectivity index is 2.14. The summed E-state index contributed by atoms with van der Waals surface area (Å²) in [7, 11) is 1.80. The van der Waals surface area contributed by atoms with E-state index in [1.807, 2.05) is 13.8 Å². The number of aliphatic hydroxyl groups is 1. The number of rotatable bonds is 4. The number of nitrogens with zero attached hydrogens (tertiary/aromatic N) is 5. The minimum absolute atomic E-state index is 0.264. The first-order chi connectivity index (χ1) is 8.08. The van der Waals surface area contributed by atoms with Crippen LogP contribution in [0, 0.1) is 0 Å². The van der Waals surface area contributed by atoms with Crippen LogP contribution in [0.3, 0.4) is 0 Å². The van der Waals surface area contributed by atoms with Gasteiger partial charge in [-0.25, -0.2) is 0 Å². The van der Waals surface area contributed by atoms with Crippen LogP contribution in [0.4, 0.5) is 0 Å². The van der Waals surface area contributed by atoms with Gasteiger partial charge in [0.1, 0.15) is 0 Å². The van der Waals surface area contributed by atoms with Crippen LogP contribution in [0.25, 0.3) is 0 Å². The molecule has 2 aromatic rings. The average molecular weight is 253 g/mol. The van der Waals surface area contributed by atoms with E-state index in [0.717, 1.165) is 16.3 Å². The number of aromatic nitrogens is 5. The van der Waals surface area contributed by atoms with Gasteiger partial charge >= 0.3 is 0 Å². The van der Waals surface area contributed by atoms with E-state index in [1.54, 1.807) is 17.9 Å². The van der Waals surface area contributed by atoms with Crippen molar-refractivity contribution in [2.75, 3.05) is 0 Å². The predicted molar refractivity (Wildman–Crippen MR) is 63.7 cm³/mol. The maximum Gasteiger partial charge on any atom is 0.0973 e.